The fourth-order valence-corrected chi connectivity index (χ4v) is 4.29. The predicted octanol–water partition coefficient (Wildman–Crippen LogP) is 4.23. The molecular weight excluding hydrogens is 467 g/mol. The Balaban J connectivity index is 1.55. The Morgan fingerprint density at radius 1 is 1.10 bits per heavy atom. The first-order valence-electron chi connectivity index (χ1n) is 8.80. The Kier molecular flexibility index (Phi) is 6.06. The number of fused-ring (bicyclic) bond motifs is 1. The first kappa shape index (κ1) is 20.8. The van der Waals surface area contributed by atoms with Gasteiger partial charge in [0.25, 0.3) is 5.56 Å². The van der Waals surface area contributed by atoms with E-state index >= 15 is 0 Å². The van der Waals surface area contributed by atoms with Gasteiger partial charge in [-0.25, -0.2) is 4.40 Å². The lowest BCUT2D eigenvalue weighted by Crippen LogP contribution is -2.25. The number of rotatable bonds is 5. The van der Waals surface area contributed by atoms with E-state index < -0.39 is 0 Å². The van der Waals surface area contributed by atoms with Gasteiger partial charge in [-0.05, 0) is 35.9 Å². The fourth-order valence-electron chi connectivity index (χ4n) is 2.84. The van der Waals surface area contributed by atoms with E-state index in [0.29, 0.717) is 36.1 Å². The van der Waals surface area contributed by atoms with Crippen molar-refractivity contribution in [1.29, 1.82) is 0 Å². The van der Waals surface area contributed by atoms with Crippen molar-refractivity contribution in [2.75, 3.05) is 5.32 Å². The number of aromatic nitrogens is 3. The second-order valence-corrected chi connectivity index (χ2v) is 8.60. The fraction of sp³-hybridized carbons (Fsp3) is 0.100. The highest BCUT2D eigenvalue weighted by atomic mass is 35.5. The zero-order valence-corrected chi connectivity index (χ0v) is 18.3. The van der Waals surface area contributed by atoms with Crippen molar-refractivity contribution in [3.05, 3.63) is 83.8 Å². The van der Waals surface area contributed by atoms with Crippen molar-refractivity contribution >= 4 is 68.8 Å². The first-order chi connectivity index (χ1) is 14.4. The van der Waals surface area contributed by atoms with Gasteiger partial charge in [-0.3, -0.25) is 9.59 Å². The van der Waals surface area contributed by atoms with Gasteiger partial charge < -0.3 is 5.32 Å². The minimum Gasteiger partial charge on any atom is -0.325 e. The number of nitrogens with zero attached hydrogens (tertiary/aromatic N) is 3. The van der Waals surface area contributed by atoms with E-state index in [1.807, 2.05) is 18.2 Å². The van der Waals surface area contributed by atoms with Crippen LogP contribution in [0.2, 0.25) is 15.1 Å². The van der Waals surface area contributed by atoms with Crippen molar-refractivity contribution in [1.82, 2.24) is 14.6 Å². The summed E-state index contributed by atoms with van der Waals surface area (Å²) in [6.45, 7) is 0. The van der Waals surface area contributed by atoms with Crippen LogP contribution in [0.5, 0.6) is 0 Å². The Hall–Kier alpha value is -2.45. The van der Waals surface area contributed by atoms with E-state index in [1.54, 1.807) is 30.3 Å². The number of hydrogen-bond donors (Lipinski definition) is 1. The van der Waals surface area contributed by atoms with E-state index in [9.17, 15) is 9.59 Å². The van der Waals surface area contributed by atoms with Crippen LogP contribution in [0.3, 0.4) is 0 Å². The molecule has 2 heterocycles. The molecule has 4 aromatic rings. The lowest BCUT2D eigenvalue weighted by atomic mass is 10.2. The highest BCUT2D eigenvalue weighted by Crippen LogP contribution is 2.25. The van der Waals surface area contributed by atoms with Crippen LogP contribution in [0.25, 0.3) is 11.0 Å². The zero-order chi connectivity index (χ0) is 21.3. The predicted molar refractivity (Wildman–Crippen MR) is 121 cm³/mol. The highest BCUT2D eigenvalue weighted by Gasteiger charge is 2.15. The molecule has 6 nitrogen and oxygen atoms in total. The molecule has 0 radical (unpaired) electrons. The van der Waals surface area contributed by atoms with E-state index in [-0.39, 0.29) is 24.3 Å². The van der Waals surface area contributed by atoms with E-state index in [0.717, 1.165) is 5.56 Å². The summed E-state index contributed by atoms with van der Waals surface area (Å²) in [4.78, 5) is 25.6. The molecule has 0 spiro atoms. The number of carbonyl (C=O) groups is 1. The van der Waals surface area contributed by atoms with Crippen molar-refractivity contribution in [2.24, 2.45) is 0 Å². The van der Waals surface area contributed by atoms with E-state index in [4.69, 9.17) is 34.8 Å². The van der Waals surface area contributed by atoms with Gasteiger partial charge in [0.05, 0.1) is 15.2 Å². The molecule has 0 aliphatic carbocycles. The molecule has 0 saturated heterocycles. The lowest BCUT2D eigenvalue weighted by molar-refractivity contribution is -0.116. The number of hydrogen-bond acceptors (Lipinski definition) is 5. The van der Waals surface area contributed by atoms with Crippen molar-refractivity contribution in [3.8, 4) is 0 Å². The number of aryl methyl sites for hydroxylation is 1. The second kappa shape index (κ2) is 8.73. The van der Waals surface area contributed by atoms with Crippen molar-refractivity contribution in [3.63, 3.8) is 0 Å². The van der Waals surface area contributed by atoms with Gasteiger partial charge in [-0.15, -0.1) is 10.2 Å². The highest BCUT2D eigenvalue weighted by molar-refractivity contribution is 7.15. The summed E-state index contributed by atoms with van der Waals surface area (Å²) < 4.78 is 1.91. The van der Waals surface area contributed by atoms with Crippen LogP contribution in [0.15, 0.2) is 47.3 Å². The average molecular weight is 480 g/mol. The molecule has 0 fully saturated rings. The molecular formula is C20H13Cl3N4O2S. The minimum atomic E-state index is -0.276. The lowest BCUT2D eigenvalue weighted by Gasteiger charge is -2.07. The van der Waals surface area contributed by atoms with Crippen LogP contribution in [0.1, 0.15) is 17.8 Å². The molecule has 0 aliphatic rings. The number of carbonyl (C=O) groups excluding carboxylic acids is 1. The number of nitrogens with one attached hydrogen (secondary N) is 1. The zero-order valence-electron chi connectivity index (χ0n) is 15.2. The quantitative estimate of drug-likeness (QED) is 0.465. The van der Waals surface area contributed by atoms with Crippen LogP contribution >= 0.6 is 46.1 Å². The molecule has 1 amide bonds. The Labute approximate surface area is 189 Å². The molecule has 0 aliphatic heterocycles. The maximum Gasteiger partial charge on any atom is 0.275 e. The van der Waals surface area contributed by atoms with Gasteiger partial charge in [0.15, 0.2) is 0 Å². The Morgan fingerprint density at radius 3 is 2.70 bits per heavy atom. The largest absolute Gasteiger partial charge is 0.325 e. The van der Waals surface area contributed by atoms with Crippen LogP contribution in [-0.4, -0.2) is 20.5 Å². The van der Waals surface area contributed by atoms with Crippen molar-refractivity contribution in [2.45, 2.75) is 12.8 Å². The van der Waals surface area contributed by atoms with Gasteiger partial charge >= 0.3 is 0 Å². The maximum absolute atomic E-state index is 12.8. The summed E-state index contributed by atoms with van der Waals surface area (Å²) >= 11 is 19.4. The Bertz CT molecular complexity index is 1370. The third-order valence-corrected chi connectivity index (χ3v) is 6.15. The molecule has 30 heavy (non-hydrogen) atoms. The van der Waals surface area contributed by atoms with Crippen LogP contribution in [-0.2, 0) is 11.2 Å². The minimum absolute atomic E-state index is 0.0997. The Morgan fingerprint density at radius 2 is 1.90 bits per heavy atom. The summed E-state index contributed by atoms with van der Waals surface area (Å²) in [7, 11) is 0. The number of halogens is 3. The third-order valence-electron chi connectivity index (χ3n) is 4.29. The molecule has 0 saturated carbocycles. The molecule has 0 unspecified atom stereocenters. The van der Waals surface area contributed by atoms with Gasteiger partial charge in [0.2, 0.25) is 10.9 Å². The van der Waals surface area contributed by atoms with Crippen molar-refractivity contribution < 1.29 is 4.79 Å². The molecule has 2 aromatic heterocycles. The number of amides is 1. The summed E-state index contributed by atoms with van der Waals surface area (Å²) in [5, 5.41) is 12.2. The molecule has 0 atom stereocenters. The van der Waals surface area contributed by atoms with Gasteiger partial charge in [-0.1, -0.05) is 64.3 Å². The molecule has 10 heteroatoms. The summed E-state index contributed by atoms with van der Waals surface area (Å²) in [6, 6.07) is 12.1. The SMILES string of the molecule is O=C(CCc1nnc2s/c(=C\c3ccccc3Cl)c(=O)n12)Nc1cc(Cl)ccc1Cl. The summed E-state index contributed by atoms with van der Waals surface area (Å²) in [5.74, 6) is 0.138. The molecule has 2 aromatic carbocycles. The molecule has 1 N–H and O–H groups in total. The number of benzene rings is 2. The normalized spacial score (nSPS) is 11.9. The van der Waals surface area contributed by atoms with E-state index in [1.165, 1.54) is 15.7 Å². The summed E-state index contributed by atoms with van der Waals surface area (Å²) in [6.07, 6.45) is 2.06. The monoisotopic (exact) mass is 478 g/mol. The smallest absolute Gasteiger partial charge is 0.275 e. The van der Waals surface area contributed by atoms with Gasteiger partial charge in [0, 0.05) is 22.9 Å². The summed E-state index contributed by atoms with van der Waals surface area (Å²) in [5.41, 5.74) is 0.929. The number of anilines is 1. The van der Waals surface area contributed by atoms with E-state index in [2.05, 4.69) is 15.5 Å². The van der Waals surface area contributed by atoms with Gasteiger partial charge in [0.1, 0.15) is 5.82 Å². The number of thiazole rings is 1. The van der Waals surface area contributed by atoms with Crippen LogP contribution in [0.4, 0.5) is 5.69 Å². The topological polar surface area (TPSA) is 76.4 Å². The van der Waals surface area contributed by atoms with Gasteiger partial charge in [-0.2, -0.15) is 0 Å². The maximum atomic E-state index is 12.8. The standard InChI is InChI=1S/C20H13Cl3N4O2S/c21-12-5-6-14(23)15(10-12)24-18(28)8-7-17-25-26-20-27(17)19(29)16(30-20)9-11-3-1-2-4-13(11)22/h1-6,9-10H,7-8H2,(H,24,28)/b16-9-. The molecule has 152 valence electrons. The average Bonchev–Trinajstić information content (AvgIpc) is 3.25. The second-order valence-electron chi connectivity index (χ2n) is 6.34. The third kappa shape index (κ3) is 4.34. The molecule has 0 bridgehead atoms. The van der Waals surface area contributed by atoms with Crippen LogP contribution < -0.4 is 15.4 Å². The first-order valence-corrected chi connectivity index (χ1v) is 10.8. The van der Waals surface area contributed by atoms with Crippen LogP contribution in [0, 0.1) is 0 Å². The molecule has 4 rings (SSSR count).